The van der Waals surface area contributed by atoms with Gasteiger partial charge in [-0.3, -0.25) is 0 Å². The quantitative estimate of drug-likeness (QED) is 0.698. The van der Waals surface area contributed by atoms with Crippen LogP contribution in [-0.2, 0) is 0 Å². The Morgan fingerprint density at radius 3 is 2.71 bits per heavy atom. The summed E-state index contributed by atoms with van der Waals surface area (Å²) in [5, 5.41) is 7.68. The van der Waals surface area contributed by atoms with Crippen LogP contribution in [0.15, 0.2) is 48.5 Å². The predicted molar refractivity (Wildman–Crippen MR) is 95.4 cm³/mol. The van der Waals surface area contributed by atoms with E-state index in [1.165, 1.54) is 4.68 Å². The van der Waals surface area contributed by atoms with E-state index in [9.17, 15) is 4.79 Å². The molecule has 0 aliphatic rings. The maximum absolute atomic E-state index is 12.4. The maximum atomic E-state index is 12.4. The SMILES string of the molecule is CCCCOc1ccc(NC(=O)n2nc(N)c3ccccc32)cc1. The minimum Gasteiger partial charge on any atom is -0.494 e. The molecule has 1 aromatic heterocycles. The maximum Gasteiger partial charge on any atom is 0.347 e. The van der Waals surface area contributed by atoms with Crippen LogP contribution in [0.3, 0.4) is 0 Å². The molecule has 0 saturated carbocycles. The fourth-order valence-electron chi connectivity index (χ4n) is 2.39. The van der Waals surface area contributed by atoms with Gasteiger partial charge in [0.2, 0.25) is 0 Å². The van der Waals surface area contributed by atoms with Crippen molar-refractivity contribution in [2.45, 2.75) is 19.8 Å². The molecule has 0 radical (unpaired) electrons. The molecule has 0 fully saturated rings. The highest BCUT2D eigenvalue weighted by atomic mass is 16.5. The van der Waals surface area contributed by atoms with Crippen molar-refractivity contribution in [3.05, 3.63) is 48.5 Å². The van der Waals surface area contributed by atoms with Crippen LogP contribution in [-0.4, -0.2) is 22.4 Å². The highest BCUT2D eigenvalue weighted by molar-refractivity contribution is 6.00. The molecule has 0 unspecified atom stereocenters. The first-order valence-electron chi connectivity index (χ1n) is 7.96. The van der Waals surface area contributed by atoms with Crippen LogP contribution >= 0.6 is 0 Å². The Hall–Kier alpha value is -3.02. The molecule has 0 spiro atoms. The van der Waals surface area contributed by atoms with E-state index in [0.717, 1.165) is 24.0 Å². The number of aromatic nitrogens is 2. The Morgan fingerprint density at radius 2 is 1.96 bits per heavy atom. The molecule has 1 amide bonds. The summed E-state index contributed by atoms with van der Waals surface area (Å²) < 4.78 is 6.88. The fourth-order valence-corrected chi connectivity index (χ4v) is 2.39. The summed E-state index contributed by atoms with van der Waals surface area (Å²) in [4.78, 5) is 12.4. The first-order chi connectivity index (χ1) is 11.7. The Bertz CT molecular complexity index is 840. The third-order valence-corrected chi connectivity index (χ3v) is 3.68. The number of amides is 1. The summed E-state index contributed by atoms with van der Waals surface area (Å²) in [6, 6.07) is 14.3. The number of nitrogens with one attached hydrogen (secondary N) is 1. The van der Waals surface area contributed by atoms with E-state index in [0.29, 0.717) is 23.6 Å². The molecule has 0 saturated heterocycles. The molecule has 0 atom stereocenters. The van der Waals surface area contributed by atoms with Crippen LogP contribution in [0.2, 0.25) is 0 Å². The number of carbonyl (C=O) groups excluding carboxylic acids is 1. The van der Waals surface area contributed by atoms with E-state index in [2.05, 4.69) is 17.3 Å². The number of para-hydroxylation sites is 1. The number of carbonyl (C=O) groups is 1. The molecule has 2 aromatic carbocycles. The Labute approximate surface area is 140 Å². The van der Waals surface area contributed by atoms with Gasteiger partial charge in [-0.2, -0.15) is 4.68 Å². The van der Waals surface area contributed by atoms with Gasteiger partial charge in [-0.25, -0.2) is 4.79 Å². The second kappa shape index (κ2) is 7.04. The molecule has 24 heavy (non-hydrogen) atoms. The lowest BCUT2D eigenvalue weighted by atomic mass is 10.2. The summed E-state index contributed by atoms with van der Waals surface area (Å²) in [5.74, 6) is 1.12. The van der Waals surface area contributed by atoms with Gasteiger partial charge in [-0.05, 0) is 42.8 Å². The summed E-state index contributed by atoms with van der Waals surface area (Å²) in [6.45, 7) is 2.81. The summed E-state index contributed by atoms with van der Waals surface area (Å²) in [5.41, 5.74) is 7.20. The molecule has 0 aliphatic heterocycles. The zero-order chi connectivity index (χ0) is 16.9. The number of nitrogens with two attached hydrogens (primary N) is 1. The number of hydrogen-bond donors (Lipinski definition) is 2. The lowest BCUT2D eigenvalue weighted by Crippen LogP contribution is -2.20. The van der Waals surface area contributed by atoms with Crippen molar-refractivity contribution in [3.8, 4) is 5.75 Å². The van der Waals surface area contributed by atoms with Gasteiger partial charge in [-0.1, -0.05) is 25.5 Å². The van der Waals surface area contributed by atoms with Gasteiger partial charge in [0, 0.05) is 11.1 Å². The smallest absolute Gasteiger partial charge is 0.347 e. The van der Waals surface area contributed by atoms with Crippen LogP contribution < -0.4 is 15.8 Å². The second-order valence-corrected chi connectivity index (χ2v) is 5.47. The molecule has 3 N–H and O–H groups in total. The van der Waals surface area contributed by atoms with Crippen LogP contribution in [0, 0.1) is 0 Å². The number of anilines is 2. The second-order valence-electron chi connectivity index (χ2n) is 5.47. The summed E-state index contributed by atoms with van der Waals surface area (Å²) in [7, 11) is 0. The minimum absolute atomic E-state index is 0.334. The van der Waals surface area contributed by atoms with Gasteiger partial charge in [0.15, 0.2) is 5.82 Å². The molecular weight excluding hydrogens is 304 g/mol. The highest BCUT2D eigenvalue weighted by Crippen LogP contribution is 2.21. The van der Waals surface area contributed by atoms with Gasteiger partial charge in [0.05, 0.1) is 12.1 Å². The number of unbranched alkanes of at least 4 members (excludes halogenated alkanes) is 1. The van der Waals surface area contributed by atoms with Gasteiger partial charge in [-0.15, -0.1) is 5.10 Å². The van der Waals surface area contributed by atoms with E-state index >= 15 is 0 Å². The number of fused-ring (bicyclic) bond motifs is 1. The van der Waals surface area contributed by atoms with E-state index in [4.69, 9.17) is 10.5 Å². The number of benzene rings is 2. The summed E-state index contributed by atoms with van der Waals surface area (Å²) in [6.07, 6.45) is 2.11. The molecular formula is C18H20N4O2. The van der Waals surface area contributed by atoms with Crippen LogP contribution in [0.25, 0.3) is 10.9 Å². The standard InChI is InChI=1S/C18H20N4O2/c1-2-3-12-24-14-10-8-13(9-11-14)20-18(23)22-16-7-5-4-6-15(16)17(19)21-22/h4-11H,2-3,12H2,1H3,(H2,19,21)(H,20,23). The van der Waals surface area contributed by atoms with Gasteiger partial charge < -0.3 is 15.8 Å². The van der Waals surface area contributed by atoms with E-state index in [1.54, 1.807) is 12.1 Å². The average molecular weight is 324 g/mol. The monoisotopic (exact) mass is 324 g/mol. The van der Waals surface area contributed by atoms with Crippen LogP contribution in [0.4, 0.5) is 16.3 Å². The molecule has 124 valence electrons. The number of nitrogens with zero attached hydrogens (tertiary/aromatic N) is 2. The third kappa shape index (κ3) is 3.32. The minimum atomic E-state index is -0.359. The average Bonchev–Trinajstić information content (AvgIpc) is 2.94. The van der Waals surface area contributed by atoms with E-state index < -0.39 is 0 Å². The van der Waals surface area contributed by atoms with Crippen LogP contribution in [0.1, 0.15) is 19.8 Å². The molecule has 6 nitrogen and oxygen atoms in total. The van der Waals surface area contributed by atoms with Crippen molar-refractivity contribution in [2.75, 3.05) is 17.7 Å². The molecule has 3 aromatic rings. The molecule has 1 heterocycles. The fraction of sp³-hybridized carbons (Fsp3) is 0.222. The molecule has 6 heteroatoms. The highest BCUT2D eigenvalue weighted by Gasteiger charge is 2.13. The zero-order valence-corrected chi connectivity index (χ0v) is 13.5. The van der Waals surface area contributed by atoms with Gasteiger partial charge in [0.1, 0.15) is 5.75 Å². The van der Waals surface area contributed by atoms with Crippen molar-refractivity contribution in [3.63, 3.8) is 0 Å². The number of rotatable bonds is 5. The van der Waals surface area contributed by atoms with Crippen molar-refractivity contribution in [1.82, 2.24) is 9.78 Å². The molecule has 3 rings (SSSR count). The summed E-state index contributed by atoms with van der Waals surface area (Å²) >= 11 is 0. The van der Waals surface area contributed by atoms with Crippen molar-refractivity contribution in [1.29, 1.82) is 0 Å². The lowest BCUT2D eigenvalue weighted by Gasteiger charge is -2.08. The number of nitrogen functional groups attached to an aromatic ring is 1. The van der Waals surface area contributed by atoms with Crippen molar-refractivity contribution >= 4 is 28.4 Å². The van der Waals surface area contributed by atoms with Gasteiger partial charge >= 0.3 is 6.03 Å². The zero-order valence-electron chi connectivity index (χ0n) is 13.5. The first-order valence-corrected chi connectivity index (χ1v) is 7.96. The number of ether oxygens (including phenoxy) is 1. The topological polar surface area (TPSA) is 82.2 Å². The Morgan fingerprint density at radius 1 is 1.21 bits per heavy atom. The predicted octanol–water partition coefficient (Wildman–Crippen LogP) is 3.88. The Balaban J connectivity index is 1.72. The van der Waals surface area contributed by atoms with E-state index in [1.807, 2.05) is 36.4 Å². The molecule has 0 aliphatic carbocycles. The largest absolute Gasteiger partial charge is 0.494 e. The van der Waals surface area contributed by atoms with Gasteiger partial charge in [0.25, 0.3) is 0 Å². The normalized spacial score (nSPS) is 10.7. The lowest BCUT2D eigenvalue weighted by molar-refractivity contribution is 0.252. The van der Waals surface area contributed by atoms with E-state index in [-0.39, 0.29) is 6.03 Å². The first kappa shape index (κ1) is 15.9. The Kier molecular flexibility index (Phi) is 4.65. The number of hydrogen-bond acceptors (Lipinski definition) is 4. The van der Waals surface area contributed by atoms with Crippen molar-refractivity contribution < 1.29 is 9.53 Å². The van der Waals surface area contributed by atoms with Crippen molar-refractivity contribution in [2.24, 2.45) is 0 Å². The third-order valence-electron chi connectivity index (χ3n) is 3.68. The van der Waals surface area contributed by atoms with Crippen LogP contribution in [0.5, 0.6) is 5.75 Å². The molecule has 0 bridgehead atoms.